The lowest BCUT2D eigenvalue weighted by molar-refractivity contribution is 1.10. The minimum Gasteiger partial charge on any atom is -0.232 e. The molecule has 0 unspecified atom stereocenters. The Morgan fingerprint density at radius 2 is 1.50 bits per heavy atom. The number of fused-ring (bicyclic) bond motifs is 4. The van der Waals surface area contributed by atoms with Gasteiger partial charge in [-0.2, -0.15) is 0 Å². The number of benzene rings is 3. The third-order valence-corrected chi connectivity index (χ3v) is 5.41. The molecule has 0 amide bonds. The van der Waals surface area contributed by atoms with Gasteiger partial charge < -0.3 is 0 Å². The maximum Gasteiger partial charge on any atom is 0.128 e. The molecule has 0 spiro atoms. The smallest absolute Gasteiger partial charge is 0.128 e. The molecule has 5 aromatic rings. The van der Waals surface area contributed by atoms with Crippen molar-refractivity contribution in [3.05, 3.63) is 72.6 Å². The Balaban J connectivity index is 1.97. The predicted molar refractivity (Wildman–Crippen MR) is 103 cm³/mol. The first-order valence-electron chi connectivity index (χ1n) is 7.95. The molecule has 0 atom stereocenters. The molecule has 0 fully saturated rings. The van der Waals surface area contributed by atoms with E-state index in [9.17, 15) is 0 Å². The van der Waals surface area contributed by atoms with E-state index in [-0.39, 0.29) is 0 Å². The molecule has 0 aliphatic carbocycles. The van der Waals surface area contributed by atoms with Gasteiger partial charge in [0.05, 0.1) is 5.69 Å². The van der Waals surface area contributed by atoms with Crippen LogP contribution in [0.1, 0.15) is 5.82 Å². The van der Waals surface area contributed by atoms with Crippen LogP contribution in [0.25, 0.3) is 42.3 Å². The van der Waals surface area contributed by atoms with Gasteiger partial charge in [-0.15, -0.1) is 11.3 Å². The summed E-state index contributed by atoms with van der Waals surface area (Å²) in [4.78, 5) is 10.5. The number of aromatic nitrogens is 2. The highest BCUT2D eigenvalue weighted by Gasteiger charge is 2.15. The van der Waals surface area contributed by atoms with Crippen molar-refractivity contribution in [1.29, 1.82) is 0 Å². The number of aryl methyl sites for hydroxylation is 1. The molecule has 0 radical (unpaired) electrons. The van der Waals surface area contributed by atoms with Gasteiger partial charge in [-0.05, 0) is 29.8 Å². The van der Waals surface area contributed by atoms with E-state index >= 15 is 0 Å². The van der Waals surface area contributed by atoms with Gasteiger partial charge in [-0.25, -0.2) is 9.97 Å². The Morgan fingerprint density at radius 3 is 2.29 bits per heavy atom. The quantitative estimate of drug-likeness (QED) is 0.379. The van der Waals surface area contributed by atoms with Crippen LogP contribution >= 0.6 is 11.3 Å². The van der Waals surface area contributed by atoms with Gasteiger partial charge in [-0.1, -0.05) is 54.6 Å². The number of thiophene rings is 1. The summed E-state index contributed by atoms with van der Waals surface area (Å²) in [5.41, 5.74) is 2.17. The van der Waals surface area contributed by atoms with Crippen molar-refractivity contribution >= 4 is 42.4 Å². The first-order chi connectivity index (χ1) is 11.8. The number of nitrogens with zero attached hydrogens (tertiary/aromatic N) is 2. The fourth-order valence-electron chi connectivity index (χ4n) is 3.27. The second-order valence-electron chi connectivity index (χ2n) is 5.96. The molecule has 3 heteroatoms. The highest BCUT2D eigenvalue weighted by Crippen LogP contribution is 2.39. The van der Waals surface area contributed by atoms with Crippen LogP contribution in [0.4, 0.5) is 0 Å². The lowest BCUT2D eigenvalue weighted by Crippen LogP contribution is -1.91. The zero-order valence-corrected chi connectivity index (χ0v) is 14.0. The van der Waals surface area contributed by atoms with Gasteiger partial charge in [0.1, 0.15) is 10.7 Å². The van der Waals surface area contributed by atoms with E-state index in [0.29, 0.717) is 0 Å². The standard InChI is InChI=1S/C21H14N2S/c1-13-22-20(14-7-3-2-4-8-14)19-17-11-15-9-5-6-10-16(15)12-18(17)24-21(19)23-13/h2-12H,1H3. The topological polar surface area (TPSA) is 25.8 Å². The molecule has 0 aliphatic heterocycles. The van der Waals surface area contributed by atoms with Gasteiger partial charge in [0.2, 0.25) is 0 Å². The van der Waals surface area contributed by atoms with Crippen molar-refractivity contribution in [3.63, 3.8) is 0 Å². The SMILES string of the molecule is Cc1nc(-c2ccccc2)c2c(n1)sc1cc3ccccc3cc12. The molecular weight excluding hydrogens is 312 g/mol. The molecule has 3 aromatic carbocycles. The first kappa shape index (κ1) is 13.6. The molecule has 2 aromatic heterocycles. The molecule has 0 N–H and O–H groups in total. The Labute approximate surface area is 143 Å². The van der Waals surface area contributed by atoms with Gasteiger partial charge in [0.25, 0.3) is 0 Å². The average Bonchev–Trinajstić information content (AvgIpc) is 2.96. The van der Waals surface area contributed by atoms with Crippen LogP contribution in [-0.2, 0) is 0 Å². The van der Waals surface area contributed by atoms with Crippen molar-refractivity contribution in [1.82, 2.24) is 9.97 Å². The normalized spacial score (nSPS) is 11.5. The zero-order valence-electron chi connectivity index (χ0n) is 13.2. The van der Waals surface area contributed by atoms with E-state index in [1.807, 2.05) is 13.0 Å². The minimum absolute atomic E-state index is 0.817. The van der Waals surface area contributed by atoms with E-state index in [1.54, 1.807) is 11.3 Å². The van der Waals surface area contributed by atoms with E-state index in [2.05, 4.69) is 60.7 Å². The molecule has 2 heterocycles. The summed E-state index contributed by atoms with van der Waals surface area (Å²) in [7, 11) is 0. The number of hydrogen-bond donors (Lipinski definition) is 0. The molecular formula is C21H14N2S. The predicted octanol–water partition coefficient (Wildman–Crippen LogP) is 5.97. The molecule has 2 nitrogen and oxygen atoms in total. The highest BCUT2D eigenvalue weighted by atomic mass is 32.1. The summed E-state index contributed by atoms with van der Waals surface area (Å²) >= 11 is 1.75. The molecule has 0 saturated carbocycles. The highest BCUT2D eigenvalue weighted by molar-refractivity contribution is 7.25. The van der Waals surface area contributed by atoms with Gasteiger partial charge in [0.15, 0.2) is 0 Å². The van der Waals surface area contributed by atoms with Gasteiger partial charge in [-0.3, -0.25) is 0 Å². The molecule has 0 aliphatic rings. The Kier molecular flexibility index (Phi) is 2.91. The summed E-state index contributed by atoms with van der Waals surface area (Å²) in [5.74, 6) is 0.817. The van der Waals surface area contributed by atoms with Crippen LogP contribution in [-0.4, -0.2) is 9.97 Å². The van der Waals surface area contributed by atoms with Gasteiger partial charge >= 0.3 is 0 Å². The fraction of sp³-hybridized carbons (Fsp3) is 0.0476. The van der Waals surface area contributed by atoms with Crippen molar-refractivity contribution in [3.8, 4) is 11.3 Å². The van der Waals surface area contributed by atoms with E-state index in [1.165, 1.54) is 20.9 Å². The maximum atomic E-state index is 4.77. The Hall–Kier alpha value is -2.78. The molecule has 5 rings (SSSR count). The maximum absolute atomic E-state index is 4.77. The molecule has 114 valence electrons. The lowest BCUT2D eigenvalue weighted by atomic mass is 10.0. The van der Waals surface area contributed by atoms with Crippen molar-refractivity contribution in [2.45, 2.75) is 6.92 Å². The van der Waals surface area contributed by atoms with Crippen molar-refractivity contribution in [2.24, 2.45) is 0 Å². The van der Waals surface area contributed by atoms with Gasteiger partial charge in [0, 0.05) is 21.0 Å². The summed E-state index contributed by atoms with van der Waals surface area (Å²) in [6.07, 6.45) is 0. The minimum atomic E-state index is 0.817. The lowest BCUT2D eigenvalue weighted by Gasteiger charge is -2.05. The van der Waals surface area contributed by atoms with Crippen LogP contribution < -0.4 is 0 Å². The van der Waals surface area contributed by atoms with E-state index in [0.717, 1.165) is 27.3 Å². The van der Waals surface area contributed by atoms with E-state index < -0.39 is 0 Å². The fourth-order valence-corrected chi connectivity index (χ4v) is 4.42. The van der Waals surface area contributed by atoms with Crippen LogP contribution in [0.3, 0.4) is 0 Å². The molecule has 24 heavy (non-hydrogen) atoms. The number of rotatable bonds is 1. The molecule has 0 saturated heterocycles. The average molecular weight is 326 g/mol. The summed E-state index contributed by atoms with van der Waals surface area (Å²) in [5, 5.41) is 4.93. The van der Waals surface area contributed by atoms with E-state index in [4.69, 9.17) is 9.97 Å². The monoisotopic (exact) mass is 326 g/mol. The van der Waals surface area contributed by atoms with Crippen LogP contribution in [0, 0.1) is 6.92 Å². The second kappa shape index (κ2) is 5.11. The van der Waals surface area contributed by atoms with Crippen LogP contribution in [0.2, 0.25) is 0 Å². The molecule has 0 bridgehead atoms. The van der Waals surface area contributed by atoms with Crippen LogP contribution in [0.15, 0.2) is 66.7 Å². The summed E-state index contributed by atoms with van der Waals surface area (Å²) in [6, 6.07) is 23.4. The number of hydrogen-bond acceptors (Lipinski definition) is 3. The Bertz CT molecular complexity index is 1210. The third kappa shape index (κ3) is 2.02. The Morgan fingerprint density at radius 1 is 0.792 bits per heavy atom. The van der Waals surface area contributed by atoms with Crippen LogP contribution in [0.5, 0.6) is 0 Å². The first-order valence-corrected chi connectivity index (χ1v) is 8.76. The second-order valence-corrected chi connectivity index (χ2v) is 6.99. The van der Waals surface area contributed by atoms with Crippen molar-refractivity contribution < 1.29 is 0 Å². The van der Waals surface area contributed by atoms with Crippen molar-refractivity contribution in [2.75, 3.05) is 0 Å². The zero-order chi connectivity index (χ0) is 16.1. The largest absolute Gasteiger partial charge is 0.232 e. The summed E-state index contributed by atoms with van der Waals surface area (Å²) in [6.45, 7) is 1.97. The third-order valence-electron chi connectivity index (χ3n) is 4.36. The summed E-state index contributed by atoms with van der Waals surface area (Å²) < 4.78 is 1.26.